The molecule has 3 atom stereocenters. The van der Waals surface area contributed by atoms with E-state index in [0.29, 0.717) is 12.3 Å². The van der Waals surface area contributed by atoms with Gasteiger partial charge in [0.2, 0.25) is 11.8 Å². The van der Waals surface area contributed by atoms with E-state index < -0.39 is 6.29 Å². The van der Waals surface area contributed by atoms with Crippen molar-refractivity contribution in [1.82, 2.24) is 5.32 Å². The highest BCUT2D eigenvalue weighted by Crippen LogP contribution is 2.49. The second-order valence-corrected chi connectivity index (χ2v) is 8.15. The van der Waals surface area contributed by atoms with E-state index in [1.165, 1.54) is 0 Å². The number of rotatable bonds is 10. The summed E-state index contributed by atoms with van der Waals surface area (Å²) >= 11 is 0. The summed E-state index contributed by atoms with van der Waals surface area (Å²) in [6.45, 7) is 12.2. The Morgan fingerprint density at radius 1 is 1.03 bits per heavy atom. The van der Waals surface area contributed by atoms with Gasteiger partial charge in [-0.3, -0.25) is 9.59 Å². The fourth-order valence-corrected chi connectivity index (χ4v) is 3.87. The second kappa shape index (κ2) is 10.7. The Hall–Kier alpha value is -2.74. The van der Waals surface area contributed by atoms with Crippen molar-refractivity contribution in [2.24, 2.45) is 5.92 Å². The molecule has 32 heavy (non-hydrogen) atoms. The van der Waals surface area contributed by atoms with Crippen molar-refractivity contribution in [2.45, 2.75) is 46.0 Å². The van der Waals surface area contributed by atoms with Crippen LogP contribution in [0.1, 0.15) is 44.7 Å². The first-order valence-electron chi connectivity index (χ1n) is 11.0. The van der Waals surface area contributed by atoms with Crippen molar-refractivity contribution >= 4 is 23.1 Å². The molecule has 7 nitrogen and oxygen atoms in total. The van der Waals surface area contributed by atoms with Gasteiger partial charge in [0.25, 0.3) is 0 Å². The Bertz CT molecular complexity index is 934. The molecule has 0 saturated carbocycles. The zero-order valence-corrected chi connectivity index (χ0v) is 19.1. The van der Waals surface area contributed by atoms with Crippen molar-refractivity contribution in [1.29, 1.82) is 0 Å². The molecular weight excluding hydrogens is 408 g/mol. The first kappa shape index (κ1) is 23.9. The Labute approximate surface area is 189 Å². The largest absolute Gasteiger partial charge is 0.369 e. The third kappa shape index (κ3) is 5.94. The maximum Gasteiger partial charge on any atom is 0.250 e. The van der Waals surface area contributed by atoms with Crippen molar-refractivity contribution in [3.63, 3.8) is 0 Å². The summed E-state index contributed by atoms with van der Waals surface area (Å²) in [5, 5.41) is 5.76. The molecule has 0 spiro atoms. The molecule has 0 heterocycles. The number of hydrogen-bond donors (Lipinski definition) is 2. The molecule has 0 aliphatic heterocycles. The molecule has 3 unspecified atom stereocenters. The van der Waals surface area contributed by atoms with Gasteiger partial charge in [0.05, 0.1) is 6.10 Å². The lowest BCUT2D eigenvalue weighted by Crippen LogP contribution is -2.30. The molecule has 0 radical (unpaired) electrons. The first-order valence-corrected chi connectivity index (χ1v) is 11.0. The van der Waals surface area contributed by atoms with E-state index in [-0.39, 0.29) is 43.0 Å². The van der Waals surface area contributed by atoms with E-state index in [9.17, 15) is 9.59 Å². The molecule has 0 fully saturated rings. The van der Waals surface area contributed by atoms with Crippen LogP contribution in [0.4, 0.5) is 5.69 Å². The molecule has 7 heteroatoms. The van der Waals surface area contributed by atoms with Crippen molar-refractivity contribution in [3.05, 3.63) is 59.8 Å². The predicted octanol–water partition coefficient (Wildman–Crippen LogP) is 3.75. The summed E-state index contributed by atoms with van der Waals surface area (Å²) in [4.78, 5) is 24.3. The number of amides is 2. The lowest BCUT2D eigenvalue weighted by atomic mass is 9.86. The van der Waals surface area contributed by atoms with Gasteiger partial charge in [-0.1, -0.05) is 24.8 Å². The molecule has 2 amide bonds. The van der Waals surface area contributed by atoms with Gasteiger partial charge in [-0.2, -0.15) is 0 Å². The number of carbonyl (C=O) groups is 2. The summed E-state index contributed by atoms with van der Waals surface area (Å²) < 4.78 is 16.0. The topological polar surface area (TPSA) is 85.9 Å². The van der Waals surface area contributed by atoms with Crippen LogP contribution in [0.25, 0.3) is 5.57 Å². The average molecular weight is 441 g/mol. The highest BCUT2D eigenvalue weighted by atomic mass is 16.7. The SMILES string of the molecule is C=C1c2cc(NC(=O)COC(C)C)ccc2C2C=CC(NC(=O)COC(C)OCC)=CC12. The number of carbonyl (C=O) groups excluding carboxylic acids is 2. The number of ether oxygens (including phenoxy) is 3. The summed E-state index contributed by atoms with van der Waals surface area (Å²) in [5.41, 5.74) is 4.56. The van der Waals surface area contributed by atoms with Crippen molar-refractivity contribution < 1.29 is 23.8 Å². The van der Waals surface area contributed by atoms with Crippen LogP contribution < -0.4 is 10.6 Å². The fourth-order valence-electron chi connectivity index (χ4n) is 3.87. The molecule has 0 aromatic heterocycles. The lowest BCUT2D eigenvalue weighted by Gasteiger charge is -2.21. The summed E-state index contributed by atoms with van der Waals surface area (Å²) in [5.74, 6) is -0.226. The third-order valence-electron chi connectivity index (χ3n) is 5.36. The van der Waals surface area contributed by atoms with Gasteiger partial charge < -0.3 is 24.8 Å². The first-order chi connectivity index (χ1) is 15.3. The van der Waals surface area contributed by atoms with E-state index >= 15 is 0 Å². The molecule has 172 valence electrons. The molecule has 2 N–H and O–H groups in total. The highest BCUT2D eigenvalue weighted by molar-refractivity contribution is 5.93. The molecule has 2 aliphatic carbocycles. The fraction of sp³-hybridized carbons (Fsp3) is 0.440. The zero-order valence-electron chi connectivity index (χ0n) is 19.1. The van der Waals surface area contributed by atoms with Crippen LogP contribution in [0.3, 0.4) is 0 Å². The molecule has 0 bridgehead atoms. The monoisotopic (exact) mass is 440 g/mol. The van der Waals surface area contributed by atoms with Gasteiger partial charge in [0.1, 0.15) is 13.2 Å². The Kier molecular flexibility index (Phi) is 8.01. The smallest absolute Gasteiger partial charge is 0.250 e. The Morgan fingerprint density at radius 2 is 1.75 bits per heavy atom. The van der Waals surface area contributed by atoms with Crippen LogP contribution in [0, 0.1) is 5.92 Å². The number of anilines is 1. The summed E-state index contributed by atoms with van der Waals surface area (Å²) in [6.07, 6.45) is 5.58. The molecule has 2 aliphatic rings. The maximum absolute atomic E-state index is 12.2. The van der Waals surface area contributed by atoms with Crippen LogP contribution in [-0.2, 0) is 23.8 Å². The summed E-state index contributed by atoms with van der Waals surface area (Å²) in [7, 11) is 0. The quantitative estimate of drug-likeness (QED) is 0.541. The summed E-state index contributed by atoms with van der Waals surface area (Å²) in [6, 6.07) is 5.87. The van der Waals surface area contributed by atoms with Gasteiger partial charge in [-0.05, 0) is 62.6 Å². The number of nitrogens with one attached hydrogen (secondary N) is 2. The Morgan fingerprint density at radius 3 is 2.47 bits per heavy atom. The molecule has 1 aromatic rings. The van der Waals surface area contributed by atoms with Crippen LogP contribution in [0.5, 0.6) is 0 Å². The minimum atomic E-state index is -0.429. The Balaban J connectivity index is 1.63. The second-order valence-electron chi connectivity index (χ2n) is 8.15. The molecule has 0 saturated heterocycles. The van der Waals surface area contributed by atoms with Crippen LogP contribution in [0.2, 0.25) is 0 Å². The molecule has 3 rings (SSSR count). The van der Waals surface area contributed by atoms with E-state index in [1.807, 2.05) is 51.1 Å². The van der Waals surface area contributed by atoms with E-state index in [4.69, 9.17) is 14.2 Å². The van der Waals surface area contributed by atoms with Crippen LogP contribution >= 0.6 is 0 Å². The molecule has 1 aromatic carbocycles. The zero-order chi connectivity index (χ0) is 23.3. The number of hydrogen-bond acceptors (Lipinski definition) is 5. The van der Waals surface area contributed by atoms with Crippen molar-refractivity contribution in [2.75, 3.05) is 25.1 Å². The van der Waals surface area contributed by atoms with Gasteiger partial charge >= 0.3 is 0 Å². The average Bonchev–Trinajstić information content (AvgIpc) is 3.02. The van der Waals surface area contributed by atoms with E-state index in [1.54, 1.807) is 6.92 Å². The highest BCUT2D eigenvalue weighted by Gasteiger charge is 2.34. The van der Waals surface area contributed by atoms with Gasteiger partial charge in [-0.15, -0.1) is 0 Å². The van der Waals surface area contributed by atoms with E-state index in [0.717, 1.165) is 22.4 Å². The lowest BCUT2D eigenvalue weighted by molar-refractivity contribution is -0.148. The standard InChI is InChI=1S/C25H32N2O5/c1-6-30-17(5)32-14-25(29)27-19-8-10-21-20-9-7-18(26-24(28)13-31-15(2)3)11-22(20)16(4)23(21)12-19/h7-12,15,17,21,23H,4,6,13-14H2,1-3,5H3,(H,26,28)(H,27,29). The van der Waals surface area contributed by atoms with Crippen LogP contribution in [-0.4, -0.2) is 44.0 Å². The van der Waals surface area contributed by atoms with Gasteiger partial charge in [-0.25, -0.2) is 0 Å². The third-order valence-corrected chi connectivity index (χ3v) is 5.36. The number of allylic oxidation sites excluding steroid dienone is 4. The van der Waals surface area contributed by atoms with Gasteiger partial charge in [0.15, 0.2) is 6.29 Å². The van der Waals surface area contributed by atoms with Gasteiger partial charge in [0, 0.05) is 29.8 Å². The minimum absolute atomic E-state index is 0.00317. The molecular formula is C25H32N2O5. The predicted molar refractivity (Wildman–Crippen MR) is 124 cm³/mol. The van der Waals surface area contributed by atoms with E-state index in [2.05, 4.69) is 23.3 Å². The van der Waals surface area contributed by atoms with Crippen LogP contribution in [0.15, 0.2) is 48.7 Å². The van der Waals surface area contributed by atoms with Crippen molar-refractivity contribution in [3.8, 4) is 0 Å². The normalized spacial score (nSPS) is 19.9. The maximum atomic E-state index is 12.2. The minimum Gasteiger partial charge on any atom is -0.369 e. The number of fused-ring (bicyclic) bond motifs is 3. The number of benzene rings is 1.